The third-order valence-corrected chi connectivity index (χ3v) is 4.60. The highest BCUT2D eigenvalue weighted by Crippen LogP contribution is 2.28. The molecule has 0 aliphatic carbocycles. The van der Waals surface area contributed by atoms with E-state index in [9.17, 15) is 20.4 Å². The quantitative estimate of drug-likeness (QED) is 0.494. The lowest BCUT2D eigenvalue weighted by Gasteiger charge is -2.38. The molecule has 1 aliphatic rings. The minimum atomic E-state index is -1.52. The Morgan fingerprint density at radius 1 is 1.22 bits per heavy atom. The van der Waals surface area contributed by atoms with Gasteiger partial charge in [0, 0.05) is 11.4 Å². The van der Waals surface area contributed by atoms with Crippen molar-refractivity contribution in [1.82, 2.24) is 20.2 Å². The van der Waals surface area contributed by atoms with E-state index in [-0.39, 0.29) is 6.42 Å². The highest BCUT2D eigenvalue weighted by Gasteiger charge is 2.45. The predicted octanol–water partition coefficient (Wildman–Crippen LogP) is -0.712. The molecule has 1 aromatic heterocycles. The first-order valence-corrected chi connectivity index (χ1v) is 8.82. The number of benzene rings is 1. The standard InChI is InChI=1S/C16H21ClN4O6/c1-2-26-9-4-3-8(10(17)6-9)5-12-18-20-21(19-12)16-15(25)14(24)13(23)11(7-22)27-16/h3-4,6,11,13-16,22-25H,2,5,7H2,1H3/t11-,13-,14+,15-,16-/m1/s1. The topological polar surface area (TPSA) is 143 Å². The number of hydrogen-bond donors (Lipinski definition) is 4. The van der Waals surface area contributed by atoms with Crippen molar-refractivity contribution in [2.24, 2.45) is 0 Å². The van der Waals surface area contributed by atoms with Crippen molar-refractivity contribution in [1.29, 1.82) is 0 Å². The SMILES string of the molecule is CCOc1ccc(Cc2nnn([C@@H]3O[C@H](CO)[C@@H](O)[C@H](O)[C@H]3O)n2)c(Cl)c1. The van der Waals surface area contributed by atoms with Gasteiger partial charge in [-0.1, -0.05) is 17.7 Å². The van der Waals surface area contributed by atoms with E-state index < -0.39 is 37.3 Å². The summed E-state index contributed by atoms with van der Waals surface area (Å²) in [5.41, 5.74) is 0.758. The number of aliphatic hydroxyl groups excluding tert-OH is 4. The Morgan fingerprint density at radius 3 is 2.67 bits per heavy atom. The number of hydrogen-bond acceptors (Lipinski definition) is 9. The average Bonchev–Trinajstić information content (AvgIpc) is 3.11. The molecule has 0 unspecified atom stereocenters. The summed E-state index contributed by atoms with van der Waals surface area (Å²) in [6.07, 6.45) is -6.43. The number of rotatable bonds is 6. The van der Waals surface area contributed by atoms with Gasteiger partial charge in [-0.3, -0.25) is 0 Å². The van der Waals surface area contributed by atoms with Crippen LogP contribution in [0.3, 0.4) is 0 Å². The summed E-state index contributed by atoms with van der Waals surface area (Å²) < 4.78 is 10.8. The van der Waals surface area contributed by atoms with Gasteiger partial charge >= 0.3 is 0 Å². The zero-order chi connectivity index (χ0) is 19.6. The number of tetrazole rings is 1. The van der Waals surface area contributed by atoms with Crippen molar-refractivity contribution in [3.8, 4) is 5.75 Å². The number of nitrogens with zero attached hydrogens (tertiary/aromatic N) is 4. The Morgan fingerprint density at radius 2 is 2.00 bits per heavy atom. The lowest BCUT2D eigenvalue weighted by atomic mass is 9.99. The van der Waals surface area contributed by atoms with Crippen LogP contribution < -0.4 is 4.74 Å². The molecule has 0 amide bonds. The molecule has 4 N–H and O–H groups in total. The zero-order valence-corrected chi connectivity index (χ0v) is 15.3. The summed E-state index contributed by atoms with van der Waals surface area (Å²) in [7, 11) is 0. The van der Waals surface area contributed by atoms with E-state index in [1.807, 2.05) is 6.92 Å². The van der Waals surface area contributed by atoms with Crippen molar-refractivity contribution < 1.29 is 29.9 Å². The predicted molar refractivity (Wildman–Crippen MR) is 92.3 cm³/mol. The molecule has 1 aromatic carbocycles. The fraction of sp³-hybridized carbons (Fsp3) is 0.562. The van der Waals surface area contributed by atoms with Crippen LogP contribution in [-0.2, 0) is 11.2 Å². The van der Waals surface area contributed by atoms with Gasteiger partial charge in [0.25, 0.3) is 0 Å². The van der Waals surface area contributed by atoms with Gasteiger partial charge in [-0.2, -0.15) is 0 Å². The highest BCUT2D eigenvalue weighted by molar-refractivity contribution is 6.31. The van der Waals surface area contributed by atoms with Crippen molar-refractivity contribution in [3.05, 3.63) is 34.6 Å². The Balaban J connectivity index is 1.75. The normalized spacial score (nSPS) is 28.3. The second-order valence-corrected chi connectivity index (χ2v) is 6.52. The van der Waals surface area contributed by atoms with Crippen molar-refractivity contribution >= 4 is 11.6 Å². The smallest absolute Gasteiger partial charge is 0.199 e. The van der Waals surface area contributed by atoms with E-state index in [1.165, 1.54) is 0 Å². The number of halogens is 1. The van der Waals surface area contributed by atoms with Crippen LogP contribution in [0.25, 0.3) is 0 Å². The second kappa shape index (κ2) is 8.46. The first kappa shape index (κ1) is 19.9. The Hall–Kier alpha value is -1.82. The molecule has 3 rings (SSSR count). The Bertz CT molecular complexity index is 773. The molecule has 1 fully saturated rings. The van der Waals surface area contributed by atoms with E-state index >= 15 is 0 Å². The number of aromatic nitrogens is 4. The maximum Gasteiger partial charge on any atom is 0.199 e. The maximum atomic E-state index is 10.1. The largest absolute Gasteiger partial charge is 0.494 e. The molecule has 0 radical (unpaired) electrons. The summed E-state index contributed by atoms with van der Waals surface area (Å²) in [4.78, 5) is 1.00. The van der Waals surface area contributed by atoms with Crippen molar-refractivity contribution in [2.75, 3.05) is 13.2 Å². The van der Waals surface area contributed by atoms with Crippen LogP contribution in [-0.4, -0.2) is 78.3 Å². The molecule has 11 heteroatoms. The van der Waals surface area contributed by atoms with E-state index in [1.54, 1.807) is 18.2 Å². The lowest BCUT2D eigenvalue weighted by Crippen LogP contribution is -2.56. The molecule has 2 aromatic rings. The number of ether oxygens (including phenoxy) is 2. The molecule has 1 saturated heterocycles. The summed E-state index contributed by atoms with van der Waals surface area (Å²) in [5, 5.41) is 51.5. The second-order valence-electron chi connectivity index (χ2n) is 6.11. The minimum absolute atomic E-state index is 0.280. The maximum absolute atomic E-state index is 10.1. The minimum Gasteiger partial charge on any atom is -0.494 e. The summed E-state index contributed by atoms with van der Waals surface area (Å²) >= 11 is 6.25. The summed E-state index contributed by atoms with van der Waals surface area (Å²) in [5.74, 6) is 0.974. The first-order valence-electron chi connectivity index (χ1n) is 8.44. The molecule has 0 spiro atoms. The third-order valence-electron chi connectivity index (χ3n) is 4.25. The first-order chi connectivity index (χ1) is 12.9. The highest BCUT2D eigenvalue weighted by atomic mass is 35.5. The van der Waals surface area contributed by atoms with Crippen LogP contribution in [0.1, 0.15) is 24.5 Å². The molecule has 0 bridgehead atoms. The van der Waals surface area contributed by atoms with Gasteiger partial charge in [-0.15, -0.1) is 15.0 Å². The van der Waals surface area contributed by atoms with Crippen LogP contribution >= 0.6 is 11.6 Å². The van der Waals surface area contributed by atoms with Crippen LogP contribution in [0.5, 0.6) is 5.75 Å². The van der Waals surface area contributed by atoms with Crippen molar-refractivity contribution in [3.63, 3.8) is 0 Å². The Labute approximate surface area is 159 Å². The molecule has 1 aliphatic heterocycles. The summed E-state index contributed by atoms with van der Waals surface area (Å²) in [6, 6.07) is 5.27. The van der Waals surface area contributed by atoms with Gasteiger partial charge < -0.3 is 29.9 Å². The summed E-state index contributed by atoms with van der Waals surface area (Å²) in [6.45, 7) is 1.87. The number of aliphatic hydroxyl groups is 4. The fourth-order valence-corrected chi connectivity index (χ4v) is 3.04. The van der Waals surface area contributed by atoms with E-state index in [4.69, 9.17) is 21.1 Å². The van der Waals surface area contributed by atoms with Gasteiger partial charge in [0.05, 0.1) is 13.2 Å². The van der Waals surface area contributed by atoms with Gasteiger partial charge in [0.15, 0.2) is 12.1 Å². The molecule has 27 heavy (non-hydrogen) atoms. The van der Waals surface area contributed by atoms with Gasteiger partial charge in [0.2, 0.25) is 0 Å². The molecule has 5 atom stereocenters. The van der Waals surface area contributed by atoms with Crippen molar-refractivity contribution in [2.45, 2.75) is 44.0 Å². The molecular weight excluding hydrogens is 380 g/mol. The average molecular weight is 401 g/mol. The molecule has 10 nitrogen and oxygen atoms in total. The lowest BCUT2D eigenvalue weighted by molar-refractivity contribution is -0.257. The van der Waals surface area contributed by atoms with Gasteiger partial charge in [-0.05, 0) is 29.8 Å². The van der Waals surface area contributed by atoms with Crippen LogP contribution in [0.15, 0.2) is 18.2 Å². The van der Waals surface area contributed by atoms with Crippen LogP contribution in [0.4, 0.5) is 0 Å². The zero-order valence-electron chi connectivity index (χ0n) is 14.5. The van der Waals surface area contributed by atoms with Crippen LogP contribution in [0.2, 0.25) is 5.02 Å². The van der Waals surface area contributed by atoms with E-state index in [2.05, 4.69) is 15.4 Å². The van der Waals surface area contributed by atoms with Gasteiger partial charge in [0.1, 0.15) is 30.2 Å². The fourth-order valence-electron chi connectivity index (χ4n) is 2.81. The molecule has 2 heterocycles. The Kier molecular flexibility index (Phi) is 6.25. The monoisotopic (exact) mass is 400 g/mol. The molecule has 0 saturated carbocycles. The van der Waals surface area contributed by atoms with Gasteiger partial charge in [-0.25, -0.2) is 0 Å². The third kappa shape index (κ3) is 4.21. The molecule has 148 valence electrons. The van der Waals surface area contributed by atoms with E-state index in [0.717, 1.165) is 10.4 Å². The van der Waals surface area contributed by atoms with Crippen LogP contribution in [0, 0.1) is 0 Å². The van der Waals surface area contributed by atoms with E-state index in [0.29, 0.717) is 23.2 Å². The molecular formula is C16H21ClN4O6.